The topological polar surface area (TPSA) is 21.3 Å². The average Bonchev–Trinajstić information content (AvgIpc) is 2.67. The highest BCUT2D eigenvalue weighted by molar-refractivity contribution is 7.10. The molecule has 3 heteroatoms. The number of thiophene rings is 1. The Morgan fingerprint density at radius 2 is 2.13 bits per heavy atom. The molecular formula is C12H21NOS. The van der Waals surface area contributed by atoms with Gasteiger partial charge >= 0.3 is 0 Å². The van der Waals surface area contributed by atoms with Gasteiger partial charge in [0.1, 0.15) is 5.75 Å². The molecule has 15 heavy (non-hydrogen) atoms. The Bertz CT molecular complexity index is 283. The van der Waals surface area contributed by atoms with E-state index in [0.29, 0.717) is 6.04 Å². The molecule has 0 aliphatic heterocycles. The molecule has 1 aromatic rings. The molecule has 86 valence electrons. The van der Waals surface area contributed by atoms with Crippen molar-refractivity contribution >= 4 is 11.3 Å². The van der Waals surface area contributed by atoms with E-state index in [-0.39, 0.29) is 0 Å². The van der Waals surface area contributed by atoms with Gasteiger partial charge in [-0.05, 0) is 31.9 Å². The van der Waals surface area contributed by atoms with Crippen LogP contribution < -0.4 is 10.1 Å². The van der Waals surface area contributed by atoms with E-state index in [9.17, 15) is 0 Å². The molecule has 0 aromatic carbocycles. The fraction of sp³-hybridized carbons (Fsp3) is 0.667. The van der Waals surface area contributed by atoms with Crippen molar-refractivity contribution in [2.75, 3.05) is 14.2 Å². The van der Waals surface area contributed by atoms with Crippen molar-refractivity contribution in [2.24, 2.45) is 5.92 Å². The fourth-order valence-corrected chi connectivity index (χ4v) is 2.55. The Morgan fingerprint density at radius 1 is 1.40 bits per heavy atom. The molecule has 0 radical (unpaired) electrons. The third-order valence-electron chi connectivity index (χ3n) is 2.56. The van der Waals surface area contributed by atoms with E-state index in [1.807, 2.05) is 7.05 Å². The maximum Gasteiger partial charge on any atom is 0.129 e. The molecule has 0 bridgehead atoms. The Morgan fingerprint density at radius 3 is 2.60 bits per heavy atom. The van der Waals surface area contributed by atoms with Crippen LogP contribution in [0.15, 0.2) is 11.4 Å². The number of hydrogen-bond donors (Lipinski definition) is 1. The van der Waals surface area contributed by atoms with Crippen LogP contribution in [-0.4, -0.2) is 14.2 Å². The summed E-state index contributed by atoms with van der Waals surface area (Å²) in [6, 6.07) is 2.60. The van der Waals surface area contributed by atoms with E-state index in [1.54, 1.807) is 18.4 Å². The molecule has 1 unspecified atom stereocenters. The molecule has 0 spiro atoms. The molecular weight excluding hydrogens is 206 g/mol. The number of ether oxygens (including phenoxy) is 1. The quantitative estimate of drug-likeness (QED) is 0.803. The van der Waals surface area contributed by atoms with Gasteiger partial charge in [0.25, 0.3) is 0 Å². The summed E-state index contributed by atoms with van der Waals surface area (Å²) in [5, 5.41) is 5.43. The van der Waals surface area contributed by atoms with Gasteiger partial charge in [0, 0.05) is 16.3 Å². The van der Waals surface area contributed by atoms with Crippen LogP contribution in [0, 0.1) is 5.92 Å². The Kier molecular flexibility index (Phi) is 5.12. The van der Waals surface area contributed by atoms with Gasteiger partial charge in [-0.2, -0.15) is 0 Å². The number of methoxy groups -OCH3 is 1. The van der Waals surface area contributed by atoms with Crippen molar-refractivity contribution in [1.29, 1.82) is 0 Å². The average molecular weight is 227 g/mol. The molecule has 1 heterocycles. The van der Waals surface area contributed by atoms with Crippen molar-refractivity contribution < 1.29 is 4.74 Å². The molecule has 0 fully saturated rings. The summed E-state index contributed by atoms with van der Waals surface area (Å²) in [7, 11) is 3.74. The highest BCUT2D eigenvalue weighted by Gasteiger charge is 2.12. The normalized spacial score (nSPS) is 13.1. The zero-order chi connectivity index (χ0) is 11.3. The Labute approximate surface area is 96.7 Å². The van der Waals surface area contributed by atoms with Crippen molar-refractivity contribution in [2.45, 2.75) is 32.7 Å². The second kappa shape index (κ2) is 6.13. The van der Waals surface area contributed by atoms with Gasteiger partial charge in [0.15, 0.2) is 0 Å². The van der Waals surface area contributed by atoms with E-state index in [1.165, 1.54) is 17.7 Å². The molecule has 1 aromatic heterocycles. The Balaban J connectivity index is 2.57. The Hall–Kier alpha value is -0.540. The first-order chi connectivity index (χ1) is 7.17. The van der Waals surface area contributed by atoms with Crippen LogP contribution in [0.4, 0.5) is 0 Å². The molecule has 0 aliphatic rings. The molecule has 0 saturated carbocycles. The van der Waals surface area contributed by atoms with Crippen LogP contribution in [0.1, 0.15) is 37.6 Å². The third-order valence-corrected chi connectivity index (χ3v) is 3.58. The van der Waals surface area contributed by atoms with E-state index < -0.39 is 0 Å². The zero-order valence-electron chi connectivity index (χ0n) is 10.0. The summed E-state index contributed by atoms with van der Waals surface area (Å²) in [6.45, 7) is 4.53. The van der Waals surface area contributed by atoms with E-state index in [4.69, 9.17) is 4.74 Å². The van der Waals surface area contributed by atoms with Crippen molar-refractivity contribution in [1.82, 2.24) is 5.32 Å². The summed E-state index contributed by atoms with van der Waals surface area (Å²) in [5.74, 6) is 1.74. The highest BCUT2D eigenvalue weighted by Crippen LogP contribution is 2.29. The largest absolute Gasteiger partial charge is 0.496 e. The maximum absolute atomic E-state index is 5.20. The van der Waals surface area contributed by atoms with Crippen LogP contribution in [0.3, 0.4) is 0 Å². The third kappa shape index (κ3) is 3.84. The van der Waals surface area contributed by atoms with Gasteiger partial charge in [-0.3, -0.25) is 0 Å². The van der Waals surface area contributed by atoms with Gasteiger partial charge < -0.3 is 10.1 Å². The summed E-state index contributed by atoms with van der Waals surface area (Å²) in [5.41, 5.74) is 0. The van der Waals surface area contributed by atoms with Crippen LogP contribution in [0.25, 0.3) is 0 Å². The fourth-order valence-electron chi connectivity index (χ4n) is 1.55. The molecule has 0 saturated heterocycles. The van der Waals surface area contributed by atoms with Gasteiger partial charge in [0.2, 0.25) is 0 Å². The van der Waals surface area contributed by atoms with E-state index in [2.05, 4.69) is 30.6 Å². The van der Waals surface area contributed by atoms with E-state index >= 15 is 0 Å². The van der Waals surface area contributed by atoms with Gasteiger partial charge in [0.05, 0.1) is 7.11 Å². The monoisotopic (exact) mass is 227 g/mol. The standard InChI is InChI=1S/C12H21NOS/c1-9(2)5-6-11(13-3)12-7-10(14-4)8-15-12/h7-9,11,13H,5-6H2,1-4H3. The van der Waals surface area contributed by atoms with Crippen LogP contribution >= 0.6 is 11.3 Å². The first-order valence-corrected chi connectivity index (χ1v) is 6.35. The summed E-state index contributed by atoms with van der Waals surface area (Å²) < 4.78 is 5.20. The van der Waals surface area contributed by atoms with Crippen LogP contribution in [-0.2, 0) is 0 Å². The molecule has 1 atom stereocenters. The minimum Gasteiger partial charge on any atom is -0.496 e. The summed E-state index contributed by atoms with van der Waals surface area (Å²) in [6.07, 6.45) is 2.45. The highest BCUT2D eigenvalue weighted by atomic mass is 32.1. The molecule has 0 aliphatic carbocycles. The molecule has 0 amide bonds. The number of nitrogens with one attached hydrogen (secondary N) is 1. The SMILES string of the molecule is CNC(CCC(C)C)c1cc(OC)cs1. The number of hydrogen-bond acceptors (Lipinski definition) is 3. The van der Waals surface area contributed by atoms with Crippen LogP contribution in [0.5, 0.6) is 5.75 Å². The maximum atomic E-state index is 5.20. The van der Waals surface area contributed by atoms with Crippen LogP contribution in [0.2, 0.25) is 0 Å². The molecule has 1 N–H and O–H groups in total. The lowest BCUT2D eigenvalue weighted by atomic mass is 10.0. The first-order valence-electron chi connectivity index (χ1n) is 5.47. The smallest absolute Gasteiger partial charge is 0.129 e. The molecule has 2 nitrogen and oxygen atoms in total. The van der Waals surface area contributed by atoms with Crippen molar-refractivity contribution in [3.63, 3.8) is 0 Å². The van der Waals surface area contributed by atoms with Crippen molar-refractivity contribution in [3.8, 4) is 5.75 Å². The second-order valence-corrected chi connectivity index (χ2v) is 5.14. The summed E-state index contributed by atoms with van der Waals surface area (Å²) in [4.78, 5) is 1.37. The first kappa shape index (κ1) is 12.5. The van der Waals surface area contributed by atoms with Crippen molar-refractivity contribution in [3.05, 3.63) is 16.3 Å². The number of rotatable bonds is 6. The van der Waals surface area contributed by atoms with Gasteiger partial charge in [-0.25, -0.2) is 0 Å². The minimum absolute atomic E-state index is 0.473. The lowest BCUT2D eigenvalue weighted by Gasteiger charge is -2.15. The lowest BCUT2D eigenvalue weighted by Crippen LogP contribution is -2.15. The van der Waals surface area contributed by atoms with Gasteiger partial charge in [-0.1, -0.05) is 13.8 Å². The minimum atomic E-state index is 0.473. The summed E-state index contributed by atoms with van der Waals surface area (Å²) >= 11 is 1.77. The predicted molar refractivity (Wildman–Crippen MR) is 66.7 cm³/mol. The predicted octanol–water partition coefficient (Wildman–Crippen LogP) is 3.45. The van der Waals surface area contributed by atoms with Gasteiger partial charge in [-0.15, -0.1) is 11.3 Å². The second-order valence-electron chi connectivity index (χ2n) is 4.20. The lowest BCUT2D eigenvalue weighted by molar-refractivity contribution is 0.415. The van der Waals surface area contributed by atoms with E-state index in [0.717, 1.165) is 11.7 Å². The zero-order valence-corrected chi connectivity index (χ0v) is 10.9. The molecule has 1 rings (SSSR count).